The first-order chi connectivity index (χ1) is 4.70. The van der Waals surface area contributed by atoms with Crippen LogP contribution < -0.4 is 5.73 Å². The van der Waals surface area contributed by atoms with E-state index < -0.39 is 0 Å². The van der Waals surface area contributed by atoms with E-state index in [1.807, 2.05) is 13.0 Å². The van der Waals surface area contributed by atoms with Crippen LogP contribution in [-0.4, -0.2) is 4.98 Å². The smallest absolute Gasteiger partial charge is 0.0592 e. The summed E-state index contributed by atoms with van der Waals surface area (Å²) in [7, 11) is 0. The van der Waals surface area contributed by atoms with Gasteiger partial charge in [-0.2, -0.15) is 0 Å². The molecule has 70 valence electrons. The quantitative estimate of drug-likeness (QED) is 0.804. The Bertz CT molecular complexity index is 228. The third kappa shape index (κ3) is 4.12. The van der Waals surface area contributed by atoms with Gasteiger partial charge in [0.15, 0.2) is 0 Å². The van der Waals surface area contributed by atoms with Crippen molar-refractivity contribution < 1.29 is 0 Å². The fourth-order valence-electron chi connectivity index (χ4n) is 0.677. The van der Waals surface area contributed by atoms with Gasteiger partial charge in [0, 0.05) is 18.4 Å². The lowest BCUT2D eigenvalue weighted by molar-refractivity contribution is 0.812. The van der Waals surface area contributed by atoms with Crippen LogP contribution in [0.1, 0.15) is 18.5 Å². The molecule has 1 aromatic rings. The SMILES string of the molecule is C[C@@H](N)c1cncc(Cl)c1.Cl.Cl. The highest BCUT2D eigenvalue weighted by atomic mass is 35.5. The standard InChI is InChI=1S/C7H9ClN2.2ClH/c1-5(9)6-2-7(8)4-10-3-6;;/h2-5H,9H2,1H3;2*1H/t5-;;/m1../s1. The summed E-state index contributed by atoms with van der Waals surface area (Å²) in [6.07, 6.45) is 3.31. The number of nitrogens with zero attached hydrogens (tertiary/aromatic N) is 1. The third-order valence-electron chi connectivity index (χ3n) is 1.25. The van der Waals surface area contributed by atoms with Gasteiger partial charge in [-0.3, -0.25) is 4.98 Å². The largest absolute Gasteiger partial charge is 0.324 e. The molecule has 0 saturated heterocycles. The summed E-state index contributed by atoms with van der Waals surface area (Å²) in [6.45, 7) is 1.90. The lowest BCUT2D eigenvalue weighted by atomic mass is 10.2. The third-order valence-corrected chi connectivity index (χ3v) is 1.46. The zero-order valence-corrected chi connectivity index (χ0v) is 8.92. The molecule has 0 aliphatic rings. The van der Waals surface area contributed by atoms with Gasteiger partial charge in [0.25, 0.3) is 0 Å². The molecule has 12 heavy (non-hydrogen) atoms. The van der Waals surface area contributed by atoms with Crippen LogP contribution in [0, 0.1) is 0 Å². The second-order valence-corrected chi connectivity index (χ2v) is 2.66. The fourth-order valence-corrected chi connectivity index (χ4v) is 0.860. The molecule has 0 aliphatic heterocycles. The zero-order valence-electron chi connectivity index (χ0n) is 6.53. The predicted molar refractivity (Wildman–Crippen MR) is 56.3 cm³/mol. The Hall–Kier alpha value is -0.0200. The van der Waals surface area contributed by atoms with Crippen molar-refractivity contribution in [3.63, 3.8) is 0 Å². The van der Waals surface area contributed by atoms with Crippen molar-refractivity contribution >= 4 is 36.4 Å². The molecular weight excluding hydrogens is 218 g/mol. The van der Waals surface area contributed by atoms with Crippen LogP contribution in [0.4, 0.5) is 0 Å². The topological polar surface area (TPSA) is 38.9 Å². The number of hydrogen-bond acceptors (Lipinski definition) is 2. The summed E-state index contributed by atoms with van der Waals surface area (Å²) in [6, 6.07) is 1.82. The van der Waals surface area contributed by atoms with Crippen LogP contribution in [0.25, 0.3) is 0 Å². The molecule has 0 saturated carbocycles. The normalized spacial score (nSPS) is 10.9. The number of hydrogen-bond donors (Lipinski definition) is 1. The van der Waals surface area contributed by atoms with E-state index in [-0.39, 0.29) is 30.9 Å². The molecule has 0 amide bonds. The highest BCUT2D eigenvalue weighted by Crippen LogP contribution is 2.12. The van der Waals surface area contributed by atoms with Gasteiger partial charge in [-0.1, -0.05) is 11.6 Å². The number of rotatable bonds is 1. The van der Waals surface area contributed by atoms with Crippen molar-refractivity contribution in [2.75, 3.05) is 0 Å². The minimum atomic E-state index is 0. The maximum Gasteiger partial charge on any atom is 0.0592 e. The summed E-state index contributed by atoms with van der Waals surface area (Å²) in [4.78, 5) is 3.89. The number of aromatic nitrogens is 1. The van der Waals surface area contributed by atoms with Gasteiger partial charge in [-0.05, 0) is 18.6 Å². The van der Waals surface area contributed by atoms with E-state index in [2.05, 4.69) is 4.98 Å². The molecule has 0 bridgehead atoms. The van der Waals surface area contributed by atoms with E-state index in [1.165, 1.54) is 0 Å². The summed E-state index contributed by atoms with van der Waals surface area (Å²) in [5.41, 5.74) is 6.55. The first-order valence-corrected chi connectivity index (χ1v) is 3.44. The second-order valence-electron chi connectivity index (χ2n) is 2.23. The number of nitrogens with two attached hydrogens (primary N) is 1. The maximum atomic E-state index is 5.67. The molecule has 2 N–H and O–H groups in total. The zero-order chi connectivity index (χ0) is 7.56. The predicted octanol–water partition coefficient (Wildman–Crippen LogP) is 2.60. The molecule has 0 spiro atoms. The summed E-state index contributed by atoms with van der Waals surface area (Å²) < 4.78 is 0. The minimum Gasteiger partial charge on any atom is -0.324 e. The van der Waals surface area contributed by atoms with E-state index in [0.29, 0.717) is 5.02 Å². The highest BCUT2D eigenvalue weighted by molar-refractivity contribution is 6.30. The molecule has 1 aromatic heterocycles. The van der Waals surface area contributed by atoms with Crippen LogP contribution in [0.5, 0.6) is 0 Å². The highest BCUT2D eigenvalue weighted by Gasteiger charge is 1.98. The van der Waals surface area contributed by atoms with Crippen LogP contribution in [-0.2, 0) is 0 Å². The van der Waals surface area contributed by atoms with Gasteiger partial charge in [0.05, 0.1) is 5.02 Å². The molecule has 0 fully saturated rings. The Morgan fingerprint density at radius 2 is 2.00 bits per heavy atom. The molecule has 2 nitrogen and oxygen atoms in total. The van der Waals surface area contributed by atoms with Crippen molar-refractivity contribution in [3.05, 3.63) is 29.0 Å². The van der Waals surface area contributed by atoms with Gasteiger partial charge < -0.3 is 5.73 Å². The van der Waals surface area contributed by atoms with E-state index in [1.54, 1.807) is 12.4 Å². The van der Waals surface area contributed by atoms with Gasteiger partial charge in [-0.15, -0.1) is 24.8 Å². The van der Waals surface area contributed by atoms with Crippen LogP contribution in [0.15, 0.2) is 18.5 Å². The molecule has 1 heterocycles. The van der Waals surface area contributed by atoms with Crippen molar-refractivity contribution in [3.8, 4) is 0 Å². The molecule has 0 unspecified atom stereocenters. The van der Waals surface area contributed by atoms with Crippen molar-refractivity contribution in [1.29, 1.82) is 0 Å². The Morgan fingerprint density at radius 3 is 2.33 bits per heavy atom. The van der Waals surface area contributed by atoms with Gasteiger partial charge in [0.2, 0.25) is 0 Å². The lowest BCUT2D eigenvalue weighted by Crippen LogP contribution is -2.04. The molecule has 1 rings (SSSR count). The second kappa shape index (κ2) is 6.49. The van der Waals surface area contributed by atoms with Gasteiger partial charge in [-0.25, -0.2) is 0 Å². The van der Waals surface area contributed by atoms with Crippen molar-refractivity contribution in [2.45, 2.75) is 13.0 Å². The van der Waals surface area contributed by atoms with E-state index >= 15 is 0 Å². The Kier molecular flexibility index (Phi) is 7.84. The Labute approximate surface area is 89.3 Å². The minimum absolute atomic E-state index is 0. The Morgan fingerprint density at radius 1 is 1.42 bits per heavy atom. The maximum absolute atomic E-state index is 5.67. The molecule has 5 heteroatoms. The number of pyridine rings is 1. The molecule has 0 radical (unpaired) electrons. The first-order valence-electron chi connectivity index (χ1n) is 3.06. The van der Waals surface area contributed by atoms with Gasteiger partial charge in [0.1, 0.15) is 0 Å². The van der Waals surface area contributed by atoms with Crippen LogP contribution in [0.2, 0.25) is 5.02 Å². The average Bonchev–Trinajstić information content (AvgIpc) is 1.88. The van der Waals surface area contributed by atoms with Crippen LogP contribution in [0.3, 0.4) is 0 Å². The molecule has 1 atom stereocenters. The van der Waals surface area contributed by atoms with E-state index in [9.17, 15) is 0 Å². The van der Waals surface area contributed by atoms with Gasteiger partial charge >= 0.3 is 0 Å². The van der Waals surface area contributed by atoms with Crippen molar-refractivity contribution in [2.24, 2.45) is 5.73 Å². The van der Waals surface area contributed by atoms with E-state index in [4.69, 9.17) is 17.3 Å². The molecule has 0 aliphatic carbocycles. The molecule has 0 aromatic carbocycles. The fraction of sp³-hybridized carbons (Fsp3) is 0.286. The number of halogens is 3. The summed E-state index contributed by atoms with van der Waals surface area (Å²) in [5, 5.41) is 0.634. The van der Waals surface area contributed by atoms with Crippen molar-refractivity contribution in [1.82, 2.24) is 4.98 Å². The summed E-state index contributed by atoms with van der Waals surface area (Å²) in [5.74, 6) is 0. The van der Waals surface area contributed by atoms with Crippen LogP contribution >= 0.6 is 36.4 Å². The summed E-state index contributed by atoms with van der Waals surface area (Å²) >= 11 is 5.67. The average molecular weight is 230 g/mol. The molecular formula is C7H11Cl3N2. The first kappa shape index (κ1) is 14.5. The lowest BCUT2D eigenvalue weighted by Gasteiger charge is -2.03. The Balaban J connectivity index is 0. The monoisotopic (exact) mass is 228 g/mol. The van der Waals surface area contributed by atoms with E-state index in [0.717, 1.165) is 5.56 Å².